The van der Waals surface area contributed by atoms with Gasteiger partial charge in [-0.2, -0.15) is 0 Å². The van der Waals surface area contributed by atoms with Crippen molar-refractivity contribution in [3.05, 3.63) is 0 Å². The fraction of sp³-hybridized carbons (Fsp3) is 0.857. The zero-order valence-electron chi connectivity index (χ0n) is 6.53. The van der Waals surface area contributed by atoms with Crippen molar-refractivity contribution in [2.45, 2.75) is 25.7 Å². The number of halogens is 2. The molecule has 0 aromatic carbocycles. The van der Waals surface area contributed by atoms with Gasteiger partial charge in [0.05, 0.1) is 12.4 Å². The molecule has 1 aliphatic rings. The van der Waals surface area contributed by atoms with E-state index in [1.807, 2.05) is 0 Å². The van der Waals surface area contributed by atoms with E-state index in [2.05, 4.69) is 0 Å². The number of hydrogen-bond donors (Lipinski definition) is 1. The maximum atomic E-state index is 12.7. The van der Waals surface area contributed by atoms with Crippen LogP contribution < -0.4 is 0 Å². The molecule has 0 bridgehead atoms. The van der Waals surface area contributed by atoms with Crippen LogP contribution in [-0.4, -0.2) is 29.7 Å². The molecule has 0 aliphatic carbocycles. The first-order valence-electron chi connectivity index (χ1n) is 3.69. The van der Waals surface area contributed by atoms with Gasteiger partial charge in [-0.05, 0) is 13.3 Å². The summed E-state index contributed by atoms with van der Waals surface area (Å²) in [6.07, 6.45) is 0.458. The first-order valence-corrected chi connectivity index (χ1v) is 3.69. The molecule has 1 aliphatic heterocycles. The molecule has 11 heavy (non-hydrogen) atoms. The third-order valence-corrected chi connectivity index (χ3v) is 1.87. The number of nitrogens with one attached hydrogen (secondary N) is 1. The van der Waals surface area contributed by atoms with E-state index < -0.39 is 5.92 Å². The molecule has 1 saturated heterocycles. The fourth-order valence-corrected chi connectivity index (χ4v) is 1.25. The van der Waals surface area contributed by atoms with E-state index >= 15 is 0 Å². The lowest BCUT2D eigenvalue weighted by Gasteiger charge is -2.33. The van der Waals surface area contributed by atoms with E-state index in [0.29, 0.717) is 13.0 Å². The second-order valence-corrected chi connectivity index (χ2v) is 2.97. The van der Waals surface area contributed by atoms with Crippen LogP contribution in [0.25, 0.3) is 0 Å². The Morgan fingerprint density at radius 3 is 2.55 bits per heavy atom. The van der Waals surface area contributed by atoms with Gasteiger partial charge in [0.25, 0.3) is 5.92 Å². The molecule has 0 atom stereocenters. The third kappa shape index (κ3) is 2.13. The Balaban J connectivity index is 2.53. The zero-order chi connectivity index (χ0) is 8.48. The van der Waals surface area contributed by atoms with Gasteiger partial charge >= 0.3 is 0 Å². The standard InChI is InChI=1S/C7H12F2N2/c1-6(10)11-4-2-3-7(8,9)5-11/h10H,2-5H2,1H3. The number of likely N-dealkylation sites (tertiary alicyclic amines) is 1. The molecule has 0 unspecified atom stereocenters. The van der Waals surface area contributed by atoms with Crippen LogP contribution in [0.4, 0.5) is 8.78 Å². The highest BCUT2D eigenvalue weighted by molar-refractivity contribution is 5.76. The van der Waals surface area contributed by atoms with Crippen LogP contribution in [0.3, 0.4) is 0 Å². The quantitative estimate of drug-likeness (QED) is 0.426. The zero-order valence-corrected chi connectivity index (χ0v) is 6.53. The molecule has 1 fully saturated rings. The Morgan fingerprint density at radius 1 is 1.55 bits per heavy atom. The van der Waals surface area contributed by atoms with Crippen LogP contribution in [0.1, 0.15) is 19.8 Å². The predicted octanol–water partition coefficient (Wildman–Crippen LogP) is 1.71. The fourth-order valence-electron chi connectivity index (χ4n) is 1.25. The Hall–Kier alpha value is -0.670. The molecule has 0 aromatic rings. The van der Waals surface area contributed by atoms with Crippen LogP contribution in [0, 0.1) is 5.41 Å². The minimum absolute atomic E-state index is 0.0310. The van der Waals surface area contributed by atoms with Gasteiger partial charge in [0.15, 0.2) is 0 Å². The van der Waals surface area contributed by atoms with Gasteiger partial charge in [-0.3, -0.25) is 5.41 Å². The van der Waals surface area contributed by atoms with Crippen LogP contribution in [0.2, 0.25) is 0 Å². The van der Waals surface area contributed by atoms with Crippen molar-refractivity contribution in [3.8, 4) is 0 Å². The number of alkyl halides is 2. The van der Waals surface area contributed by atoms with Crippen molar-refractivity contribution in [2.24, 2.45) is 0 Å². The van der Waals surface area contributed by atoms with Gasteiger partial charge < -0.3 is 4.90 Å². The molecule has 0 radical (unpaired) electrons. The molecular weight excluding hydrogens is 150 g/mol. The monoisotopic (exact) mass is 162 g/mol. The van der Waals surface area contributed by atoms with Crippen molar-refractivity contribution in [1.82, 2.24) is 4.90 Å². The molecule has 0 amide bonds. The second-order valence-electron chi connectivity index (χ2n) is 2.97. The molecule has 0 spiro atoms. The normalized spacial score (nSPS) is 23.4. The molecule has 1 rings (SSSR count). The number of hydrogen-bond acceptors (Lipinski definition) is 1. The lowest BCUT2D eigenvalue weighted by Crippen LogP contribution is -2.44. The maximum absolute atomic E-state index is 12.7. The van der Waals surface area contributed by atoms with E-state index in [-0.39, 0.29) is 18.8 Å². The first kappa shape index (κ1) is 8.43. The van der Waals surface area contributed by atoms with Crippen molar-refractivity contribution in [3.63, 3.8) is 0 Å². The Morgan fingerprint density at radius 2 is 2.18 bits per heavy atom. The molecule has 1 heterocycles. The summed E-state index contributed by atoms with van der Waals surface area (Å²) in [5.41, 5.74) is 0. The topological polar surface area (TPSA) is 27.1 Å². The molecule has 1 N–H and O–H groups in total. The lowest BCUT2D eigenvalue weighted by molar-refractivity contribution is -0.0470. The van der Waals surface area contributed by atoms with Crippen LogP contribution in [-0.2, 0) is 0 Å². The number of piperidine rings is 1. The molecule has 2 nitrogen and oxygen atoms in total. The minimum atomic E-state index is -2.58. The summed E-state index contributed by atoms with van der Waals surface area (Å²) in [5.74, 6) is -2.34. The summed E-state index contributed by atoms with van der Waals surface area (Å²) in [7, 11) is 0. The van der Waals surface area contributed by atoms with Gasteiger partial charge in [-0.15, -0.1) is 0 Å². The number of rotatable bonds is 0. The highest BCUT2D eigenvalue weighted by Crippen LogP contribution is 2.26. The molecule has 0 saturated carbocycles. The Bertz CT molecular complexity index is 168. The maximum Gasteiger partial charge on any atom is 0.265 e. The van der Waals surface area contributed by atoms with E-state index in [1.54, 1.807) is 6.92 Å². The second kappa shape index (κ2) is 2.75. The molecule has 0 aromatic heterocycles. The van der Waals surface area contributed by atoms with Crippen molar-refractivity contribution in [1.29, 1.82) is 5.41 Å². The average molecular weight is 162 g/mol. The van der Waals surface area contributed by atoms with E-state index in [0.717, 1.165) is 0 Å². The van der Waals surface area contributed by atoms with Crippen LogP contribution in [0.5, 0.6) is 0 Å². The summed E-state index contributed by atoms with van der Waals surface area (Å²) in [6.45, 7) is 1.87. The molecule has 4 heteroatoms. The number of amidine groups is 1. The van der Waals surface area contributed by atoms with Gasteiger partial charge in [-0.25, -0.2) is 8.78 Å². The summed E-state index contributed by atoms with van der Waals surface area (Å²) in [4.78, 5) is 1.42. The summed E-state index contributed by atoms with van der Waals surface area (Å²) < 4.78 is 25.4. The Labute approximate surface area is 64.7 Å². The number of nitrogens with zero attached hydrogens (tertiary/aromatic N) is 1. The summed E-state index contributed by atoms with van der Waals surface area (Å²) in [6, 6.07) is 0. The Kier molecular flexibility index (Phi) is 2.11. The van der Waals surface area contributed by atoms with Gasteiger partial charge in [0.1, 0.15) is 0 Å². The lowest BCUT2D eigenvalue weighted by atomic mass is 10.1. The van der Waals surface area contributed by atoms with E-state index in [1.165, 1.54) is 4.90 Å². The average Bonchev–Trinajstić information content (AvgIpc) is 1.85. The molecule has 64 valence electrons. The largest absolute Gasteiger partial charge is 0.355 e. The smallest absolute Gasteiger partial charge is 0.265 e. The summed E-state index contributed by atoms with van der Waals surface area (Å²) >= 11 is 0. The van der Waals surface area contributed by atoms with Crippen molar-refractivity contribution < 1.29 is 8.78 Å². The highest BCUT2D eigenvalue weighted by Gasteiger charge is 2.35. The SMILES string of the molecule is CC(=N)N1CCCC(F)(F)C1. The molecular formula is C7H12F2N2. The van der Waals surface area contributed by atoms with Crippen LogP contribution in [0.15, 0.2) is 0 Å². The van der Waals surface area contributed by atoms with Crippen molar-refractivity contribution in [2.75, 3.05) is 13.1 Å². The summed E-state index contributed by atoms with van der Waals surface area (Å²) in [5, 5.41) is 7.16. The van der Waals surface area contributed by atoms with Gasteiger partial charge in [-0.1, -0.05) is 0 Å². The predicted molar refractivity (Wildman–Crippen MR) is 39.2 cm³/mol. The van der Waals surface area contributed by atoms with E-state index in [4.69, 9.17) is 5.41 Å². The minimum Gasteiger partial charge on any atom is -0.355 e. The van der Waals surface area contributed by atoms with Crippen molar-refractivity contribution >= 4 is 5.84 Å². The third-order valence-electron chi connectivity index (χ3n) is 1.87. The van der Waals surface area contributed by atoms with Gasteiger partial charge in [0.2, 0.25) is 0 Å². The first-order chi connectivity index (χ1) is 5.01. The highest BCUT2D eigenvalue weighted by atomic mass is 19.3. The van der Waals surface area contributed by atoms with E-state index in [9.17, 15) is 8.78 Å². The van der Waals surface area contributed by atoms with Gasteiger partial charge in [0, 0.05) is 13.0 Å². The van der Waals surface area contributed by atoms with Crippen LogP contribution >= 0.6 is 0 Å².